The number of carboxylic acids is 1. The Labute approximate surface area is 250 Å². The van der Waals surface area contributed by atoms with Gasteiger partial charge in [-0.1, -0.05) is 33.5 Å². The van der Waals surface area contributed by atoms with E-state index in [2.05, 4.69) is 20.3 Å². The lowest BCUT2D eigenvalue weighted by Crippen LogP contribution is -2.46. The van der Waals surface area contributed by atoms with Gasteiger partial charge in [0, 0.05) is 34.9 Å². The van der Waals surface area contributed by atoms with E-state index in [1.807, 2.05) is 0 Å². The van der Waals surface area contributed by atoms with Crippen molar-refractivity contribution in [3.8, 4) is 22.6 Å². The summed E-state index contributed by atoms with van der Waals surface area (Å²) in [6.07, 6.45) is 10.6. The zero-order valence-electron chi connectivity index (χ0n) is 22.5. The second kappa shape index (κ2) is 10.4. The number of fused-ring (bicyclic) bond motifs is 3. The van der Waals surface area contributed by atoms with Crippen molar-refractivity contribution in [1.29, 1.82) is 0 Å². The van der Waals surface area contributed by atoms with E-state index in [9.17, 15) is 14.3 Å². The first-order valence-electron chi connectivity index (χ1n) is 14.0. The highest BCUT2D eigenvalue weighted by atomic mass is 35.5. The molecule has 218 valence electrons. The SMILES string of the molecule is O=C(O)c1ccc(F)c(-c2noc(C34CCC(COCc5c(-c6c(Cl)cncc6Cl)noc5C5CC5)(CC3)CC4)n2)c1. The molecule has 0 atom stereocenters. The average Bonchev–Trinajstić information content (AvgIpc) is 3.56. The molecular formula is C30H27Cl2FN4O5. The molecule has 0 spiro atoms. The second-order valence-corrected chi connectivity index (χ2v) is 12.6. The fraction of sp³-hybridized carbons (Fsp3) is 0.433. The van der Waals surface area contributed by atoms with Gasteiger partial charge in [-0.2, -0.15) is 4.98 Å². The van der Waals surface area contributed by atoms with E-state index in [1.54, 1.807) is 12.4 Å². The molecule has 4 aliphatic carbocycles. The van der Waals surface area contributed by atoms with Crippen LogP contribution in [0, 0.1) is 11.2 Å². The molecule has 1 aromatic carbocycles. The van der Waals surface area contributed by atoms with E-state index < -0.39 is 11.8 Å². The maximum atomic E-state index is 14.5. The van der Waals surface area contributed by atoms with Crippen LogP contribution >= 0.6 is 23.2 Å². The van der Waals surface area contributed by atoms with Gasteiger partial charge < -0.3 is 18.9 Å². The summed E-state index contributed by atoms with van der Waals surface area (Å²) in [4.78, 5) is 20.0. The Bertz CT molecular complexity index is 1640. The lowest BCUT2D eigenvalue weighted by atomic mass is 9.54. The molecule has 0 aliphatic heterocycles. The largest absolute Gasteiger partial charge is 0.478 e. The maximum absolute atomic E-state index is 14.5. The molecule has 4 aromatic rings. The molecule has 0 unspecified atom stereocenters. The molecule has 42 heavy (non-hydrogen) atoms. The highest BCUT2D eigenvalue weighted by Gasteiger charge is 2.52. The number of hydrogen-bond acceptors (Lipinski definition) is 8. The topological polar surface area (TPSA) is 124 Å². The molecule has 0 radical (unpaired) electrons. The summed E-state index contributed by atoms with van der Waals surface area (Å²) in [5.74, 6) is -0.00690. The zero-order chi connectivity index (χ0) is 29.1. The van der Waals surface area contributed by atoms with Crippen molar-refractivity contribution in [1.82, 2.24) is 20.3 Å². The number of carboxylic acid groups (broad SMARTS) is 1. The van der Waals surface area contributed by atoms with Crippen molar-refractivity contribution in [3.05, 3.63) is 69.2 Å². The molecule has 3 aromatic heterocycles. The van der Waals surface area contributed by atoms with E-state index in [4.69, 9.17) is 37.0 Å². The maximum Gasteiger partial charge on any atom is 0.335 e. The van der Waals surface area contributed by atoms with Crippen molar-refractivity contribution in [2.24, 2.45) is 5.41 Å². The van der Waals surface area contributed by atoms with Gasteiger partial charge in [0.05, 0.1) is 34.4 Å². The van der Waals surface area contributed by atoms with E-state index in [-0.39, 0.29) is 27.8 Å². The second-order valence-electron chi connectivity index (χ2n) is 11.8. The molecular weight excluding hydrogens is 586 g/mol. The lowest BCUT2D eigenvalue weighted by molar-refractivity contribution is -0.0499. The summed E-state index contributed by atoms with van der Waals surface area (Å²) in [5.41, 5.74) is 1.85. The van der Waals surface area contributed by atoms with Crippen LogP contribution in [0.3, 0.4) is 0 Å². The third-order valence-corrected chi connectivity index (χ3v) is 9.82. The minimum absolute atomic E-state index is 0.0173. The van der Waals surface area contributed by atoms with Crippen LogP contribution in [-0.2, 0) is 16.8 Å². The van der Waals surface area contributed by atoms with Crippen molar-refractivity contribution in [3.63, 3.8) is 0 Å². The summed E-state index contributed by atoms with van der Waals surface area (Å²) >= 11 is 12.9. The van der Waals surface area contributed by atoms with Crippen LogP contribution in [0.2, 0.25) is 10.0 Å². The number of carbonyl (C=O) groups is 1. The van der Waals surface area contributed by atoms with Crippen LogP contribution in [0.1, 0.15) is 84.9 Å². The normalized spacial score (nSPS) is 23.4. The fourth-order valence-corrected chi connectivity index (χ4v) is 7.05. The Hall–Kier alpha value is -3.34. The number of halogens is 3. The minimum Gasteiger partial charge on any atom is -0.478 e. The molecule has 9 nitrogen and oxygen atoms in total. The molecule has 1 N–H and O–H groups in total. The first kappa shape index (κ1) is 27.5. The number of rotatable bonds is 9. The summed E-state index contributed by atoms with van der Waals surface area (Å²) < 4.78 is 32.3. The number of hydrogen-bond donors (Lipinski definition) is 1. The number of ether oxygens (including phenoxy) is 1. The van der Waals surface area contributed by atoms with Crippen LogP contribution in [0.25, 0.3) is 22.6 Å². The minimum atomic E-state index is -1.15. The number of benzene rings is 1. The Morgan fingerprint density at radius 2 is 1.76 bits per heavy atom. The van der Waals surface area contributed by atoms with Crippen LogP contribution in [0.5, 0.6) is 0 Å². The highest BCUT2D eigenvalue weighted by molar-refractivity contribution is 6.38. The van der Waals surface area contributed by atoms with Gasteiger partial charge in [0.1, 0.15) is 17.3 Å². The zero-order valence-corrected chi connectivity index (χ0v) is 24.0. The summed E-state index contributed by atoms with van der Waals surface area (Å²) in [5, 5.41) is 18.5. The molecule has 12 heteroatoms. The van der Waals surface area contributed by atoms with E-state index in [0.717, 1.165) is 68.8 Å². The monoisotopic (exact) mass is 612 g/mol. The van der Waals surface area contributed by atoms with Crippen LogP contribution in [0.4, 0.5) is 4.39 Å². The smallest absolute Gasteiger partial charge is 0.335 e. The Balaban J connectivity index is 1.04. The standard InChI is InChI=1S/C30H27Cl2FN4O5/c31-20-12-34-13-21(32)23(20)24-19(25(41-36-24)16-1-2-16)14-40-15-29-5-8-30(9-6-29,10-7-29)28-35-26(37-42-28)18-11-17(27(38)39)3-4-22(18)33/h3-4,11-13,16H,1-2,5-10,14-15H2,(H,38,39). The quantitative estimate of drug-likeness (QED) is 0.203. The third-order valence-electron chi connectivity index (χ3n) is 9.25. The van der Waals surface area contributed by atoms with Crippen LogP contribution in [0.15, 0.2) is 39.6 Å². The third kappa shape index (κ3) is 4.79. The summed E-state index contributed by atoms with van der Waals surface area (Å²) in [7, 11) is 0. The number of aromatic nitrogens is 4. The molecule has 4 aliphatic rings. The molecule has 8 rings (SSSR count). The first-order valence-corrected chi connectivity index (χ1v) is 14.8. The number of aromatic carboxylic acids is 1. The Kier molecular flexibility index (Phi) is 6.83. The fourth-order valence-electron chi connectivity index (χ4n) is 6.51. The molecule has 3 heterocycles. The van der Waals surface area contributed by atoms with Crippen molar-refractivity contribution in [2.75, 3.05) is 6.61 Å². The summed E-state index contributed by atoms with van der Waals surface area (Å²) in [6, 6.07) is 3.56. The summed E-state index contributed by atoms with van der Waals surface area (Å²) in [6.45, 7) is 0.943. The average molecular weight is 613 g/mol. The van der Waals surface area contributed by atoms with Crippen molar-refractivity contribution < 1.29 is 28.1 Å². The molecule has 4 fully saturated rings. The number of nitrogens with zero attached hydrogens (tertiary/aromatic N) is 4. The van der Waals surface area contributed by atoms with Gasteiger partial charge in [-0.3, -0.25) is 4.98 Å². The van der Waals surface area contributed by atoms with Gasteiger partial charge >= 0.3 is 5.97 Å². The molecule has 0 saturated heterocycles. The predicted molar refractivity (Wildman–Crippen MR) is 150 cm³/mol. The van der Waals surface area contributed by atoms with E-state index in [0.29, 0.717) is 46.3 Å². The number of pyridine rings is 1. The van der Waals surface area contributed by atoms with Gasteiger partial charge in [-0.05, 0) is 75.0 Å². The van der Waals surface area contributed by atoms with Crippen molar-refractivity contribution in [2.45, 2.75) is 69.3 Å². The lowest BCUT2D eigenvalue weighted by Gasteiger charge is -2.51. The van der Waals surface area contributed by atoms with Crippen LogP contribution in [-0.4, -0.2) is 38.0 Å². The first-order chi connectivity index (χ1) is 20.3. The van der Waals surface area contributed by atoms with Gasteiger partial charge in [0.15, 0.2) is 0 Å². The van der Waals surface area contributed by atoms with Crippen molar-refractivity contribution >= 4 is 29.2 Å². The van der Waals surface area contributed by atoms with Crippen LogP contribution < -0.4 is 0 Å². The Morgan fingerprint density at radius 3 is 2.43 bits per heavy atom. The molecule has 2 bridgehead atoms. The van der Waals surface area contributed by atoms with Gasteiger partial charge in [0.2, 0.25) is 11.7 Å². The highest BCUT2D eigenvalue weighted by Crippen LogP contribution is 2.58. The molecule has 4 saturated carbocycles. The van der Waals surface area contributed by atoms with Gasteiger partial charge in [-0.15, -0.1) is 0 Å². The molecule has 0 amide bonds. The van der Waals surface area contributed by atoms with Gasteiger partial charge in [-0.25, -0.2) is 9.18 Å². The van der Waals surface area contributed by atoms with E-state index >= 15 is 0 Å². The van der Waals surface area contributed by atoms with Gasteiger partial charge in [0.25, 0.3) is 0 Å². The predicted octanol–water partition coefficient (Wildman–Crippen LogP) is 7.62. The van der Waals surface area contributed by atoms with E-state index in [1.165, 1.54) is 12.1 Å². The Morgan fingerprint density at radius 1 is 1.05 bits per heavy atom.